The van der Waals surface area contributed by atoms with Gasteiger partial charge >= 0.3 is 0 Å². The average molecular weight is 266 g/mol. The normalized spacial score (nSPS) is 20.7. The first-order valence-electron chi connectivity index (χ1n) is 7.04. The van der Waals surface area contributed by atoms with Crippen LogP contribution in [0.2, 0.25) is 0 Å². The van der Waals surface area contributed by atoms with Crippen LogP contribution < -0.4 is 5.73 Å². The second kappa shape index (κ2) is 6.98. The van der Waals surface area contributed by atoms with Gasteiger partial charge in [-0.15, -0.1) is 0 Å². The minimum absolute atomic E-state index is 0.143. The molecule has 1 aromatic rings. The number of ether oxygens (including phenoxy) is 1. The molecule has 0 amide bonds. The van der Waals surface area contributed by atoms with Crippen molar-refractivity contribution < 1.29 is 9.13 Å². The summed E-state index contributed by atoms with van der Waals surface area (Å²) in [6.45, 7) is 5.76. The van der Waals surface area contributed by atoms with E-state index in [0.717, 1.165) is 43.7 Å². The third-order valence-electron chi connectivity index (χ3n) is 3.60. The zero-order valence-electron chi connectivity index (χ0n) is 11.6. The standard InChI is InChI=1S/C15H23FN2O/c1-2-19-14-4-3-7-18(11-14)10-13-8-12(9-17)5-6-15(13)16/h5-6,8,14H,2-4,7,9-11,17H2,1H3. The van der Waals surface area contributed by atoms with Gasteiger partial charge in [0.15, 0.2) is 0 Å². The summed E-state index contributed by atoms with van der Waals surface area (Å²) in [4.78, 5) is 2.27. The van der Waals surface area contributed by atoms with E-state index in [-0.39, 0.29) is 5.82 Å². The Hall–Kier alpha value is -0.970. The zero-order chi connectivity index (χ0) is 13.7. The lowest BCUT2D eigenvalue weighted by Crippen LogP contribution is -2.39. The number of nitrogens with two attached hydrogens (primary N) is 1. The molecule has 0 radical (unpaired) electrons. The Morgan fingerprint density at radius 2 is 2.32 bits per heavy atom. The van der Waals surface area contributed by atoms with Crippen molar-refractivity contribution in [1.82, 2.24) is 4.90 Å². The Morgan fingerprint density at radius 1 is 1.47 bits per heavy atom. The number of nitrogens with zero attached hydrogens (tertiary/aromatic N) is 1. The first kappa shape index (κ1) is 14.4. The van der Waals surface area contributed by atoms with E-state index in [2.05, 4.69) is 4.90 Å². The molecule has 1 aliphatic heterocycles. The molecule has 2 rings (SSSR count). The van der Waals surface area contributed by atoms with E-state index in [1.807, 2.05) is 13.0 Å². The number of hydrogen-bond donors (Lipinski definition) is 1. The summed E-state index contributed by atoms with van der Waals surface area (Å²) in [5, 5.41) is 0. The summed E-state index contributed by atoms with van der Waals surface area (Å²) in [5.74, 6) is -0.143. The van der Waals surface area contributed by atoms with Crippen molar-refractivity contribution >= 4 is 0 Å². The molecule has 1 unspecified atom stereocenters. The van der Waals surface area contributed by atoms with Crippen molar-refractivity contribution in [3.63, 3.8) is 0 Å². The molecule has 2 N–H and O–H groups in total. The van der Waals surface area contributed by atoms with Crippen molar-refractivity contribution in [3.05, 3.63) is 35.1 Å². The quantitative estimate of drug-likeness (QED) is 0.888. The van der Waals surface area contributed by atoms with Crippen molar-refractivity contribution in [2.24, 2.45) is 5.73 Å². The topological polar surface area (TPSA) is 38.5 Å². The van der Waals surface area contributed by atoms with E-state index in [4.69, 9.17) is 10.5 Å². The van der Waals surface area contributed by atoms with E-state index < -0.39 is 0 Å². The third-order valence-corrected chi connectivity index (χ3v) is 3.60. The molecule has 106 valence electrons. The van der Waals surface area contributed by atoms with Gasteiger partial charge in [0.1, 0.15) is 5.82 Å². The van der Waals surface area contributed by atoms with Gasteiger partial charge in [0.25, 0.3) is 0 Å². The van der Waals surface area contributed by atoms with Crippen LogP contribution in [0.15, 0.2) is 18.2 Å². The lowest BCUT2D eigenvalue weighted by atomic mass is 10.1. The number of benzene rings is 1. The van der Waals surface area contributed by atoms with E-state index in [0.29, 0.717) is 19.2 Å². The van der Waals surface area contributed by atoms with Crippen LogP contribution in [0.4, 0.5) is 4.39 Å². The van der Waals surface area contributed by atoms with Gasteiger partial charge in [0, 0.05) is 31.8 Å². The van der Waals surface area contributed by atoms with Gasteiger partial charge < -0.3 is 10.5 Å². The van der Waals surface area contributed by atoms with Gasteiger partial charge in [-0.3, -0.25) is 4.90 Å². The number of halogens is 1. The summed E-state index contributed by atoms with van der Waals surface area (Å²) in [5.41, 5.74) is 7.32. The smallest absolute Gasteiger partial charge is 0.127 e. The fraction of sp³-hybridized carbons (Fsp3) is 0.600. The van der Waals surface area contributed by atoms with Crippen LogP contribution in [0.3, 0.4) is 0 Å². The van der Waals surface area contributed by atoms with Gasteiger partial charge in [0.05, 0.1) is 6.10 Å². The molecular weight excluding hydrogens is 243 g/mol. The van der Waals surface area contributed by atoms with Crippen LogP contribution in [0.5, 0.6) is 0 Å². The predicted octanol–water partition coefficient (Wildman–Crippen LogP) is 2.29. The highest BCUT2D eigenvalue weighted by atomic mass is 19.1. The molecule has 0 bridgehead atoms. The fourth-order valence-electron chi connectivity index (χ4n) is 2.65. The summed E-state index contributed by atoms with van der Waals surface area (Å²) < 4.78 is 19.5. The highest BCUT2D eigenvalue weighted by Gasteiger charge is 2.20. The summed E-state index contributed by atoms with van der Waals surface area (Å²) in [6.07, 6.45) is 2.51. The van der Waals surface area contributed by atoms with Crippen molar-refractivity contribution in [3.8, 4) is 0 Å². The first-order chi connectivity index (χ1) is 9.22. The average Bonchev–Trinajstić information content (AvgIpc) is 2.42. The highest BCUT2D eigenvalue weighted by molar-refractivity contribution is 5.25. The lowest BCUT2D eigenvalue weighted by molar-refractivity contribution is 0.00336. The molecule has 1 atom stereocenters. The van der Waals surface area contributed by atoms with Gasteiger partial charge in [-0.1, -0.05) is 12.1 Å². The van der Waals surface area contributed by atoms with E-state index in [9.17, 15) is 4.39 Å². The Balaban J connectivity index is 2.00. The predicted molar refractivity (Wildman–Crippen MR) is 74.2 cm³/mol. The van der Waals surface area contributed by atoms with Crippen LogP contribution >= 0.6 is 0 Å². The zero-order valence-corrected chi connectivity index (χ0v) is 11.6. The van der Waals surface area contributed by atoms with Crippen LogP contribution in [0.1, 0.15) is 30.9 Å². The molecule has 0 spiro atoms. The van der Waals surface area contributed by atoms with Gasteiger partial charge in [-0.2, -0.15) is 0 Å². The van der Waals surface area contributed by atoms with Gasteiger partial charge in [-0.25, -0.2) is 4.39 Å². The maximum Gasteiger partial charge on any atom is 0.127 e. The summed E-state index contributed by atoms with van der Waals surface area (Å²) in [6, 6.07) is 5.14. The van der Waals surface area contributed by atoms with Crippen LogP contribution in [0, 0.1) is 5.82 Å². The Kier molecular flexibility index (Phi) is 5.31. The molecule has 0 aromatic heterocycles. The number of hydrogen-bond acceptors (Lipinski definition) is 3. The molecule has 1 aromatic carbocycles. The molecule has 3 nitrogen and oxygen atoms in total. The van der Waals surface area contributed by atoms with Crippen molar-refractivity contribution in [2.45, 2.75) is 39.0 Å². The number of piperidine rings is 1. The minimum Gasteiger partial charge on any atom is -0.377 e. The maximum atomic E-state index is 13.8. The molecule has 19 heavy (non-hydrogen) atoms. The molecule has 0 saturated carbocycles. The molecule has 0 aliphatic carbocycles. The second-order valence-electron chi connectivity index (χ2n) is 5.08. The molecule has 1 fully saturated rings. The van der Waals surface area contributed by atoms with Gasteiger partial charge in [0.2, 0.25) is 0 Å². The molecule has 1 aliphatic rings. The van der Waals surface area contributed by atoms with Crippen LogP contribution in [0.25, 0.3) is 0 Å². The molecule has 4 heteroatoms. The van der Waals surface area contributed by atoms with E-state index >= 15 is 0 Å². The molecule has 1 saturated heterocycles. The number of likely N-dealkylation sites (tertiary alicyclic amines) is 1. The Labute approximate surface area is 114 Å². The Bertz CT molecular complexity index is 409. The fourth-order valence-corrected chi connectivity index (χ4v) is 2.65. The largest absolute Gasteiger partial charge is 0.377 e. The summed E-state index contributed by atoms with van der Waals surface area (Å²) >= 11 is 0. The minimum atomic E-state index is -0.143. The van der Waals surface area contributed by atoms with Crippen molar-refractivity contribution in [1.29, 1.82) is 0 Å². The molecule has 1 heterocycles. The summed E-state index contributed by atoms with van der Waals surface area (Å²) in [7, 11) is 0. The monoisotopic (exact) mass is 266 g/mol. The second-order valence-corrected chi connectivity index (χ2v) is 5.08. The van der Waals surface area contributed by atoms with Gasteiger partial charge in [-0.05, 0) is 37.9 Å². The third kappa shape index (κ3) is 4.00. The first-order valence-corrected chi connectivity index (χ1v) is 7.04. The Morgan fingerprint density at radius 3 is 3.05 bits per heavy atom. The lowest BCUT2D eigenvalue weighted by Gasteiger charge is -2.32. The van der Waals surface area contributed by atoms with E-state index in [1.165, 1.54) is 6.07 Å². The van der Waals surface area contributed by atoms with Crippen LogP contribution in [-0.2, 0) is 17.8 Å². The van der Waals surface area contributed by atoms with Crippen molar-refractivity contribution in [2.75, 3.05) is 19.7 Å². The number of rotatable bonds is 5. The molecular formula is C15H23FN2O. The maximum absolute atomic E-state index is 13.8. The highest BCUT2D eigenvalue weighted by Crippen LogP contribution is 2.18. The van der Waals surface area contributed by atoms with E-state index in [1.54, 1.807) is 6.07 Å². The SMILES string of the molecule is CCOC1CCCN(Cc2cc(CN)ccc2F)C1. The van der Waals surface area contributed by atoms with Crippen LogP contribution in [-0.4, -0.2) is 30.7 Å².